The maximum absolute atomic E-state index is 13.1. The van der Waals surface area contributed by atoms with Crippen LogP contribution in [0.4, 0.5) is 4.79 Å². The summed E-state index contributed by atoms with van der Waals surface area (Å²) < 4.78 is 6.88. The lowest BCUT2D eigenvalue weighted by Crippen LogP contribution is -2.30. The van der Waals surface area contributed by atoms with Crippen molar-refractivity contribution in [3.05, 3.63) is 99.5 Å². The van der Waals surface area contributed by atoms with Crippen LogP contribution in [0, 0.1) is 4.91 Å². The Kier molecular flexibility index (Phi) is 6.26. The fourth-order valence-electron chi connectivity index (χ4n) is 3.06. The quantitative estimate of drug-likeness (QED) is 0.472. The summed E-state index contributed by atoms with van der Waals surface area (Å²) in [5.41, 5.74) is 1.14. The number of nitroso groups, excluding NO2 is 1. The molecule has 3 rings (SSSR count). The largest absolute Gasteiger partial charge is 0.493 e. The third-order valence-electron chi connectivity index (χ3n) is 4.64. The topological polar surface area (TPSA) is 103 Å². The highest BCUT2D eigenvalue weighted by Crippen LogP contribution is 2.25. The lowest BCUT2D eigenvalue weighted by Gasteiger charge is -2.07. The van der Waals surface area contributed by atoms with E-state index >= 15 is 0 Å². The van der Waals surface area contributed by atoms with E-state index in [1.54, 1.807) is 31.2 Å². The Bertz CT molecular complexity index is 1110. The van der Waals surface area contributed by atoms with E-state index in [-0.39, 0.29) is 24.6 Å². The molecule has 8 nitrogen and oxygen atoms in total. The number of aromatic nitrogens is 2. The normalized spacial score (nSPS) is 11.6. The second-order valence-electron chi connectivity index (χ2n) is 6.62. The van der Waals surface area contributed by atoms with Crippen molar-refractivity contribution in [1.29, 1.82) is 0 Å². The molecule has 0 saturated carbocycles. The number of imidazole rings is 1. The molecule has 8 heteroatoms. The minimum absolute atomic E-state index is 0.0761. The van der Waals surface area contributed by atoms with Crippen molar-refractivity contribution in [3.8, 4) is 11.6 Å². The molecule has 0 aliphatic heterocycles. The van der Waals surface area contributed by atoms with Crippen molar-refractivity contribution in [2.45, 2.75) is 19.4 Å². The molecule has 1 N–H and O–H groups in total. The molecule has 1 aromatic heterocycles. The SMILES string of the molecule is C=CCOC(=O)n1c(Cc2ccccc2)c(O)n(-c2ccc(C(C)N=O)cc2)c1=O. The number of carbonyl (C=O) groups is 1. The number of ether oxygens (including phenoxy) is 1. The summed E-state index contributed by atoms with van der Waals surface area (Å²) >= 11 is 0. The number of hydrogen-bond acceptors (Lipinski definition) is 6. The van der Waals surface area contributed by atoms with Crippen LogP contribution in [0.15, 0.2) is 77.2 Å². The molecule has 30 heavy (non-hydrogen) atoms. The molecule has 0 fully saturated rings. The van der Waals surface area contributed by atoms with Gasteiger partial charge in [0, 0.05) is 6.42 Å². The third-order valence-corrected chi connectivity index (χ3v) is 4.64. The van der Waals surface area contributed by atoms with Crippen LogP contribution in [-0.4, -0.2) is 26.9 Å². The molecule has 2 aromatic carbocycles. The first-order valence-electron chi connectivity index (χ1n) is 9.28. The number of hydrogen-bond donors (Lipinski definition) is 1. The van der Waals surface area contributed by atoms with Gasteiger partial charge in [0.1, 0.15) is 12.6 Å². The first-order chi connectivity index (χ1) is 14.5. The minimum Gasteiger partial charge on any atom is -0.493 e. The zero-order valence-corrected chi connectivity index (χ0v) is 16.4. The van der Waals surface area contributed by atoms with Crippen molar-refractivity contribution >= 4 is 6.09 Å². The molecule has 0 amide bonds. The number of nitrogens with zero attached hydrogens (tertiary/aromatic N) is 3. The van der Waals surface area contributed by atoms with Gasteiger partial charge in [0.05, 0.1) is 11.4 Å². The smallest absolute Gasteiger partial charge is 0.422 e. The first kappa shape index (κ1) is 20.8. The number of carbonyl (C=O) groups excluding carboxylic acids is 1. The van der Waals surface area contributed by atoms with Crippen LogP contribution in [0.1, 0.15) is 29.8 Å². The fraction of sp³-hybridized carbons (Fsp3) is 0.182. The van der Waals surface area contributed by atoms with E-state index in [9.17, 15) is 19.6 Å². The molecular formula is C22H21N3O5. The van der Waals surface area contributed by atoms with Gasteiger partial charge in [0.2, 0.25) is 5.88 Å². The summed E-state index contributed by atoms with van der Waals surface area (Å²) in [4.78, 5) is 36.3. The lowest BCUT2D eigenvalue weighted by atomic mass is 10.1. The summed E-state index contributed by atoms with van der Waals surface area (Å²) in [7, 11) is 0. The molecule has 1 unspecified atom stereocenters. The van der Waals surface area contributed by atoms with E-state index in [1.165, 1.54) is 6.08 Å². The van der Waals surface area contributed by atoms with Crippen LogP contribution in [0.2, 0.25) is 0 Å². The van der Waals surface area contributed by atoms with Crippen LogP contribution in [0.3, 0.4) is 0 Å². The highest BCUT2D eigenvalue weighted by Gasteiger charge is 2.26. The second kappa shape index (κ2) is 9.04. The van der Waals surface area contributed by atoms with Crippen molar-refractivity contribution in [1.82, 2.24) is 9.13 Å². The predicted molar refractivity (Wildman–Crippen MR) is 112 cm³/mol. The van der Waals surface area contributed by atoms with Crippen LogP contribution in [0.25, 0.3) is 5.69 Å². The van der Waals surface area contributed by atoms with E-state index in [0.29, 0.717) is 11.3 Å². The number of rotatable bonds is 7. The standard InChI is InChI=1S/C22H21N3O5/c1-3-13-30-22(28)25-19(14-16-7-5-4-6-8-16)20(26)24(21(25)27)18-11-9-17(10-12-18)15(2)23-29/h3-12,15,26H,1,13-14H2,2H3. The van der Waals surface area contributed by atoms with Gasteiger partial charge in [-0.15, -0.1) is 0 Å². The summed E-state index contributed by atoms with van der Waals surface area (Å²) in [5.74, 6) is -0.367. The Morgan fingerprint density at radius 2 is 1.87 bits per heavy atom. The molecule has 0 aliphatic carbocycles. The van der Waals surface area contributed by atoms with Gasteiger partial charge < -0.3 is 9.84 Å². The average molecular weight is 407 g/mol. The van der Waals surface area contributed by atoms with E-state index in [1.807, 2.05) is 30.3 Å². The minimum atomic E-state index is -0.907. The van der Waals surface area contributed by atoms with Gasteiger partial charge in [0.15, 0.2) is 0 Å². The summed E-state index contributed by atoms with van der Waals surface area (Å²) in [5, 5.41) is 13.8. The van der Waals surface area contributed by atoms with E-state index in [0.717, 1.165) is 14.7 Å². The Balaban J connectivity index is 2.12. The molecule has 1 heterocycles. The fourth-order valence-corrected chi connectivity index (χ4v) is 3.06. The molecule has 0 bridgehead atoms. The van der Waals surface area contributed by atoms with Crippen molar-refractivity contribution < 1.29 is 14.6 Å². The number of aromatic hydroxyl groups is 1. The van der Waals surface area contributed by atoms with Gasteiger partial charge in [-0.05, 0) is 30.2 Å². The molecule has 0 radical (unpaired) electrons. The van der Waals surface area contributed by atoms with Crippen molar-refractivity contribution in [3.63, 3.8) is 0 Å². The zero-order valence-electron chi connectivity index (χ0n) is 16.4. The van der Waals surface area contributed by atoms with Gasteiger partial charge in [-0.2, -0.15) is 9.47 Å². The van der Waals surface area contributed by atoms with Gasteiger partial charge in [-0.1, -0.05) is 60.3 Å². The first-order valence-corrected chi connectivity index (χ1v) is 9.28. The maximum Gasteiger partial charge on any atom is 0.422 e. The summed E-state index contributed by atoms with van der Waals surface area (Å²) in [6, 6.07) is 15.0. The van der Waals surface area contributed by atoms with Crippen LogP contribution in [-0.2, 0) is 11.2 Å². The van der Waals surface area contributed by atoms with Gasteiger partial charge in [0.25, 0.3) is 0 Å². The van der Waals surface area contributed by atoms with Gasteiger partial charge >= 0.3 is 11.8 Å². The molecule has 1 atom stereocenters. The average Bonchev–Trinajstić information content (AvgIpc) is 3.01. The lowest BCUT2D eigenvalue weighted by molar-refractivity contribution is 0.158. The summed E-state index contributed by atoms with van der Waals surface area (Å²) in [6.45, 7) is 5.06. The highest BCUT2D eigenvalue weighted by molar-refractivity contribution is 5.72. The molecule has 0 aliphatic rings. The van der Waals surface area contributed by atoms with Gasteiger partial charge in [-0.3, -0.25) is 0 Å². The third kappa shape index (κ3) is 4.07. The Labute approximate surface area is 172 Å². The maximum atomic E-state index is 13.1. The molecule has 3 aromatic rings. The van der Waals surface area contributed by atoms with Gasteiger partial charge in [-0.25, -0.2) is 14.2 Å². The zero-order chi connectivity index (χ0) is 21.7. The van der Waals surface area contributed by atoms with Crippen LogP contribution < -0.4 is 5.69 Å². The van der Waals surface area contributed by atoms with Crippen molar-refractivity contribution in [2.24, 2.45) is 5.18 Å². The molecule has 0 spiro atoms. The Hall–Kier alpha value is -3.94. The monoisotopic (exact) mass is 407 g/mol. The second-order valence-corrected chi connectivity index (χ2v) is 6.62. The van der Waals surface area contributed by atoms with Crippen LogP contribution in [0.5, 0.6) is 5.88 Å². The molecular weight excluding hydrogens is 386 g/mol. The van der Waals surface area contributed by atoms with Crippen LogP contribution >= 0.6 is 0 Å². The molecule has 154 valence electrons. The Morgan fingerprint density at radius 1 is 1.20 bits per heavy atom. The molecule has 0 saturated heterocycles. The van der Waals surface area contributed by atoms with Crippen molar-refractivity contribution in [2.75, 3.05) is 6.61 Å². The predicted octanol–water partition coefficient (Wildman–Crippen LogP) is 3.93. The summed E-state index contributed by atoms with van der Waals surface area (Å²) in [6.07, 6.45) is 0.621. The van der Waals surface area contributed by atoms with E-state index in [2.05, 4.69) is 11.8 Å². The number of benzene rings is 2. The van der Waals surface area contributed by atoms with E-state index < -0.39 is 17.8 Å². The van der Waals surface area contributed by atoms with E-state index in [4.69, 9.17) is 4.74 Å². The highest BCUT2D eigenvalue weighted by atomic mass is 16.5. The Morgan fingerprint density at radius 3 is 2.47 bits per heavy atom.